The zero-order valence-electron chi connectivity index (χ0n) is 12.5. The van der Waals surface area contributed by atoms with E-state index in [0.29, 0.717) is 18.0 Å². The van der Waals surface area contributed by atoms with Crippen LogP contribution in [0.3, 0.4) is 0 Å². The van der Waals surface area contributed by atoms with Gasteiger partial charge in [-0.05, 0) is 32.0 Å². The standard InChI is InChI=1S/C17H17N3O2/c1-3-22-16-11-7-5-9-14(16)18-17(21)20-15-10-6-4-8-13(15)12(2)19-20/h4-11H,3H2,1-2H3,(H,18,21). The third-order valence-corrected chi connectivity index (χ3v) is 3.39. The van der Waals surface area contributed by atoms with E-state index in [4.69, 9.17) is 4.74 Å². The second-order valence-corrected chi connectivity index (χ2v) is 4.87. The maximum atomic E-state index is 12.5. The molecule has 0 bridgehead atoms. The molecule has 0 aliphatic carbocycles. The van der Waals surface area contributed by atoms with Crippen LogP contribution >= 0.6 is 0 Å². The van der Waals surface area contributed by atoms with Crippen LogP contribution in [0.4, 0.5) is 10.5 Å². The molecule has 1 aromatic heterocycles. The number of hydrogen-bond donors (Lipinski definition) is 1. The molecule has 0 atom stereocenters. The number of aromatic nitrogens is 2. The Morgan fingerprint density at radius 3 is 2.73 bits per heavy atom. The van der Waals surface area contributed by atoms with Gasteiger partial charge in [-0.2, -0.15) is 9.78 Å². The highest BCUT2D eigenvalue weighted by Crippen LogP contribution is 2.24. The molecule has 1 amide bonds. The molecule has 0 unspecified atom stereocenters. The Labute approximate surface area is 128 Å². The number of carbonyl (C=O) groups excluding carboxylic acids is 1. The van der Waals surface area contributed by atoms with Crippen molar-refractivity contribution in [2.45, 2.75) is 13.8 Å². The fourth-order valence-electron chi connectivity index (χ4n) is 2.40. The van der Waals surface area contributed by atoms with Gasteiger partial charge in [-0.3, -0.25) is 0 Å². The zero-order valence-corrected chi connectivity index (χ0v) is 12.5. The van der Waals surface area contributed by atoms with Crippen molar-refractivity contribution in [2.75, 3.05) is 11.9 Å². The first-order chi connectivity index (χ1) is 10.7. The molecule has 3 aromatic rings. The summed E-state index contributed by atoms with van der Waals surface area (Å²) in [5.41, 5.74) is 2.24. The Hall–Kier alpha value is -2.82. The van der Waals surface area contributed by atoms with Gasteiger partial charge in [-0.25, -0.2) is 4.79 Å². The molecule has 0 radical (unpaired) electrons. The normalized spacial score (nSPS) is 10.6. The van der Waals surface area contributed by atoms with Crippen molar-refractivity contribution in [1.82, 2.24) is 9.78 Å². The Balaban J connectivity index is 1.94. The van der Waals surface area contributed by atoms with Crippen LogP contribution in [0, 0.1) is 6.92 Å². The van der Waals surface area contributed by atoms with Crippen molar-refractivity contribution in [2.24, 2.45) is 0 Å². The third-order valence-electron chi connectivity index (χ3n) is 3.39. The molecule has 5 heteroatoms. The second kappa shape index (κ2) is 5.89. The van der Waals surface area contributed by atoms with E-state index < -0.39 is 0 Å². The summed E-state index contributed by atoms with van der Waals surface area (Å²) >= 11 is 0. The molecular formula is C17H17N3O2. The summed E-state index contributed by atoms with van der Waals surface area (Å²) in [7, 11) is 0. The van der Waals surface area contributed by atoms with Crippen LogP contribution in [-0.2, 0) is 0 Å². The van der Waals surface area contributed by atoms with E-state index in [2.05, 4.69) is 10.4 Å². The minimum Gasteiger partial charge on any atom is -0.492 e. The first kappa shape index (κ1) is 14.1. The second-order valence-electron chi connectivity index (χ2n) is 4.87. The van der Waals surface area contributed by atoms with Gasteiger partial charge in [0.25, 0.3) is 0 Å². The number of para-hydroxylation sites is 3. The molecule has 0 saturated carbocycles. The SMILES string of the molecule is CCOc1ccccc1NC(=O)n1nc(C)c2ccccc21. The molecule has 112 valence electrons. The van der Waals surface area contributed by atoms with Gasteiger partial charge in [-0.15, -0.1) is 0 Å². The molecule has 0 aliphatic heterocycles. The Morgan fingerprint density at radius 2 is 1.91 bits per heavy atom. The molecule has 2 aromatic carbocycles. The molecule has 1 heterocycles. The highest BCUT2D eigenvalue weighted by atomic mass is 16.5. The van der Waals surface area contributed by atoms with Gasteiger partial charge < -0.3 is 10.1 Å². The summed E-state index contributed by atoms with van der Waals surface area (Å²) in [6.07, 6.45) is 0. The summed E-state index contributed by atoms with van der Waals surface area (Å²) in [5, 5.41) is 8.15. The van der Waals surface area contributed by atoms with E-state index >= 15 is 0 Å². The van der Waals surface area contributed by atoms with Crippen LogP contribution in [0.15, 0.2) is 48.5 Å². The van der Waals surface area contributed by atoms with E-state index in [0.717, 1.165) is 16.6 Å². The number of anilines is 1. The van der Waals surface area contributed by atoms with Gasteiger partial charge in [-0.1, -0.05) is 30.3 Å². The summed E-state index contributed by atoms with van der Waals surface area (Å²) in [5.74, 6) is 0.645. The lowest BCUT2D eigenvalue weighted by atomic mass is 10.2. The predicted octanol–water partition coefficient (Wildman–Crippen LogP) is 3.82. The van der Waals surface area contributed by atoms with Crippen LogP contribution < -0.4 is 10.1 Å². The molecule has 0 aliphatic rings. The lowest BCUT2D eigenvalue weighted by Gasteiger charge is -2.11. The third kappa shape index (κ3) is 2.53. The van der Waals surface area contributed by atoms with Gasteiger partial charge >= 0.3 is 6.03 Å². The molecule has 1 N–H and O–H groups in total. The number of carbonyl (C=O) groups is 1. The number of nitrogens with one attached hydrogen (secondary N) is 1. The molecule has 0 fully saturated rings. The fourth-order valence-corrected chi connectivity index (χ4v) is 2.40. The van der Waals surface area contributed by atoms with Crippen molar-refractivity contribution < 1.29 is 9.53 Å². The average Bonchev–Trinajstić information content (AvgIpc) is 2.87. The number of hydrogen-bond acceptors (Lipinski definition) is 3. The molecular weight excluding hydrogens is 278 g/mol. The van der Waals surface area contributed by atoms with Gasteiger partial charge in [0.05, 0.1) is 23.5 Å². The van der Waals surface area contributed by atoms with Gasteiger partial charge in [0.2, 0.25) is 0 Å². The van der Waals surface area contributed by atoms with Crippen molar-refractivity contribution in [1.29, 1.82) is 0 Å². The van der Waals surface area contributed by atoms with Gasteiger partial charge in [0, 0.05) is 5.39 Å². The van der Waals surface area contributed by atoms with Crippen LogP contribution in [0.1, 0.15) is 12.6 Å². The summed E-state index contributed by atoms with van der Waals surface area (Å²) in [6.45, 7) is 4.33. The Bertz CT molecular complexity index is 824. The average molecular weight is 295 g/mol. The summed E-state index contributed by atoms with van der Waals surface area (Å²) in [6, 6.07) is 14.7. The number of rotatable bonds is 3. The van der Waals surface area contributed by atoms with Crippen LogP contribution in [0.5, 0.6) is 5.75 Å². The highest BCUT2D eigenvalue weighted by Gasteiger charge is 2.14. The fraction of sp³-hybridized carbons (Fsp3) is 0.176. The van der Waals surface area contributed by atoms with E-state index in [1.54, 1.807) is 6.07 Å². The minimum atomic E-state index is -0.309. The lowest BCUT2D eigenvalue weighted by Crippen LogP contribution is -2.21. The van der Waals surface area contributed by atoms with E-state index in [1.807, 2.05) is 56.3 Å². The first-order valence-electron chi connectivity index (χ1n) is 7.18. The van der Waals surface area contributed by atoms with Crippen molar-refractivity contribution in [3.63, 3.8) is 0 Å². The van der Waals surface area contributed by atoms with Gasteiger partial charge in [0.15, 0.2) is 0 Å². The molecule has 5 nitrogen and oxygen atoms in total. The molecule has 0 spiro atoms. The largest absolute Gasteiger partial charge is 0.492 e. The minimum absolute atomic E-state index is 0.309. The van der Waals surface area contributed by atoms with E-state index in [-0.39, 0.29) is 6.03 Å². The molecule has 3 rings (SSSR count). The molecule has 0 saturated heterocycles. The van der Waals surface area contributed by atoms with Crippen LogP contribution in [-0.4, -0.2) is 22.4 Å². The number of nitrogens with zero attached hydrogens (tertiary/aromatic N) is 2. The van der Waals surface area contributed by atoms with Crippen molar-refractivity contribution in [3.8, 4) is 5.75 Å². The quantitative estimate of drug-likeness (QED) is 0.799. The number of ether oxygens (including phenoxy) is 1. The topological polar surface area (TPSA) is 56.1 Å². The number of fused-ring (bicyclic) bond motifs is 1. The summed E-state index contributed by atoms with van der Waals surface area (Å²) in [4.78, 5) is 12.5. The predicted molar refractivity (Wildman–Crippen MR) is 86.5 cm³/mol. The number of amides is 1. The lowest BCUT2D eigenvalue weighted by molar-refractivity contribution is 0.251. The monoisotopic (exact) mass is 295 g/mol. The van der Waals surface area contributed by atoms with Crippen molar-refractivity contribution in [3.05, 3.63) is 54.2 Å². The van der Waals surface area contributed by atoms with E-state index in [9.17, 15) is 4.79 Å². The maximum Gasteiger partial charge on any atom is 0.347 e. The van der Waals surface area contributed by atoms with Crippen LogP contribution in [0.25, 0.3) is 10.9 Å². The Kier molecular flexibility index (Phi) is 3.78. The number of aryl methyl sites for hydroxylation is 1. The van der Waals surface area contributed by atoms with Crippen molar-refractivity contribution >= 4 is 22.6 Å². The smallest absolute Gasteiger partial charge is 0.347 e. The summed E-state index contributed by atoms with van der Waals surface area (Å²) < 4.78 is 6.90. The molecule has 22 heavy (non-hydrogen) atoms. The number of benzene rings is 2. The van der Waals surface area contributed by atoms with Gasteiger partial charge in [0.1, 0.15) is 5.75 Å². The highest BCUT2D eigenvalue weighted by molar-refractivity contribution is 5.98. The van der Waals surface area contributed by atoms with Crippen LogP contribution in [0.2, 0.25) is 0 Å². The first-order valence-corrected chi connectivity index (χ1v) is 7.18. The zero-order chi connectivity index (χ0) is 15.5. The Morgan fingerprint density at radius 1 is 1.18 bits per heavy atom. The van der Waals surface area contributed by atoms with E-state index in [1.165, 1.54) is 4.68 Å². The maximum absolute atomic E-state index is 12.5.